The van der Waals surface area contributed by atoms with Crippen LogP contribution in [0.15, 0.2) is 72.8 Å². The average Bonchev–Trinajstić information content (AvgIpc) is 2.75. The van der Waals surface area contributed by atoms with Gasteiger partial charge in [-0.15, -0.1) is 0 Å². The van der Waals surface area contributed by atoms with Gasteiger partial charge in [0.05, 0.1) is 6.10 Å². The molecule has 0 radical (unpaired) electrons. The standard InChI is InChI=1S/C24H21F2NO3/c25-18-4-1-16(2-5-18)23(29)14-3-17-15-27(24(17)30,20-8-6-19(26)7-9-20)21-10-12-22(28)13-11-21/h1-2,4-13,17,23,29H,3,14-15H2/p+1/t17-,23-,27?/m1/s1. The Bertz CT molecular complexity index is 988. The number of amides is 1. The van der Waals surface area contributed by atoms with E-state index in [0.717, 1.165) is 0 Å². The number of hydrogen-bond donors (Lipinski definition) is 2. The van der Waals surface area contributed by atoms with Gasteiger partial charge in [0.25, 0.3) is 0 Å². The lowest BCUT2D eigenvalue weighted by Gasteiger charge is -2.46. The van der Waals surface area contributed by atoms with Crippen molar-refractivity contribution in [1.29, 1.82) is 0 Å². The number of phenols is 1. The molecule has 1 fully saturated rings. The number of halogens is 2. The Morgan fingerprint density at radius 1 is 0.867 bits per heavy atom. The average molecular weight is 410 g/mol. The van der Waals surface area contributed by atoms with Crippen LogP contribution in [0.2, 0.25) is 0 Å². The molecule has 1 amide bonds. The number of nitrogens with zero attached hydrogens (tertiary/aromatic N) is 1. The van der Waals surface area contributed by atoms with Crippen LogP contribution in [0.4, 0.5) is 20.2 Å². The van der Waals surface area contributed by atoms with E-state index in [1.807, 2.05) is 0 Å². The highest BCUT2D eigenvalue weighted by Gasteiger charge is 2.57. The zero-order valence-electron chi connectivity index (χ0n) is 16.2. The summed E-state index contributed by atoms with van der Waals surface area (Å²) in [6.45, 7) is 0.478. The summed E-state index contributed by atoms with van der Waals surface area (Å²) in [5.41, 5.74) is 1.96. The summed E-state index contributed by atoms with van der Waals surface area (Å²) in [6, 6.07) is 18.0. The Kier molecular flexibility index (Phi) is 5.37. The molecule has 1 unspecified atom stereocenters. The minimum atomic E-state index is -0.777. The zero-order valence-corrected chi connectivity index (χ0v) is 16.2. The predicted molar refractivity (Wildman–Crippen MR) is 110 cm³/mol. The SMILES string of the molecule is O=C1[C@H](CC[C@@H](O)c2ccc(F)cc2)C[N+]1(c1ccc(O)cc1)c1ccc(F)cc1. The number of aliphatic hydroxyl groups is 1. The normalized spacial score (nSPS) is 21.8. The highest BCUT2D eigenvalue weighted by atomic mass is 19.1. The molecule has 0 bridgehead atoms. The van der Waals surface area contributed by atoms with Crippen molar-refractivity contribution in [2.75, 3.05) is 6.54 Å². The minimum absolute atomic E-state index is 0.0430. The molecule has 3 aromatic carbocycles. The fourth-order valence-corrected chi connectivity index (χ4v) is 4.14. The van der Waals surface area contributed by atoms with Gasteiger partial charge in [-0.2, -0.15) is 4.48 Å². The first-order valence-corrected chi connectivity index (χ1v) is 9.82. The van der Waals surface area contributed by atoms with Gasteiger partial charge in [-0.05, 0) is 54.8 Å². The van der Waals surface area contributed by atoms with Gasteiger partial charge in [0.2, 0.25) is 0 Å². The molecule has 3 aromatic rings. The van der Waals surface area contributed by atoms with Crippen LogP contribution >= 0.6 is 0 Å². The summed E-state index contributed by atoms with van der Waals surface area (Å²) in [7, 11) is 0. The van der Waals surface area contributed by atoms with Crippen LogP contribution in [0, 0.1) is 17.6 Å². The summed E-state index contributed by atoms with van der Waals surface area (Å²) in [4.78, 5) is 13.3. The second kappa shape index (κ2) is 7.97. The number of quaternary nitrogens is 1. The van der Waals surface area contributed by atoms with Crippen LogP contribution < -0.4 is 4.48 Å². The van der Waals surface area contributed by atoms with Crippen LogP contribution in [0.3, 0.4) is 0 Å². The lowest BCUT2D eigenvalue weighted by atomic mass is 9.86. The first-order valence-electron chi connectivity index (χ1n) is 9.82. The van der Waals surface area contributed by atoms with Crippen LogP contribution in [0.25, 0.3) is 0 Å². The third kappa shape index (κ3) is 3.60. The van der Waals surface area contributed by atoms with E-state index in [9.17, 15) is 23.8 Å². The van der Waals surface area contributed by atoms with Crippen molar-refractivity contribution in [3.8, 4) is 5.75 Å². The van der Waals surface area contributed by atoms with Crippen molar-refractivity contribution in [3.05, 3.63) is 90.0 Å². The van der Waals surface area contributed by atoms with Crippen LogP contribution in [-0.2, 0) is 4.79 Å². The number of phenolic OH excluding ortho intramolecular Hbond substituents is 1. The largest absolute Gasteiger partial charge is 0.508 e. The van der Waals surface area contributed by atoms with E-state index in [4.69, 9.17) is 0 Å². The van der Waals surface area contributed by atoms with Crippen molar-refractivity contribution < 1.29 is 23.8 Å². The lowest BCUT2D eigenvalue weighted by molar-refractivity contribution is -0.142. The number of carbonyl (C=O) groups excluding carboxylic acids is 1. The topological polar surface area (TPSA) is 57.5 Å². The van der Waals surface area contributed by atoms with Crippen LogP contribution in [0.1, 0.15) is 24.5 Å². The molecule has 0 aromatic heterocycles. The summed E-state index contributed by atoms with van der Waals surface area (Å²) in [5, 5.41) is 20.0. The van der Waals surface area contributed by atoms with Gasteiger partial charge >= 0.3 is 5.91 Å². The molecule has 6 heteroatoms. The maximum atomic E-state index is 13.4. The van der Waals surface area contributed by atoms with Crippen molar-refractivity contribution in [1.82, 2.24) is 4.48 Å². The predicted octanol–water partition coefficient (Wildman–Crippen LogP) is 4.98. The molecular weight excluding hydrogens is 388 g/mol. The molecule has 4 rings (SSSR count). The van der Waals surface area contributed by atoms with E-state index in [0.29, 0.717) is 36.3 Å². The number of hydrogen-bond acceptors (Lipinski definition) is 3. The Morgan fingerprint density at radius 3 is 1.90 bits per heavy atom. The van der Waals surface area contributed by atoms with Gasteiger partial charge in [-0.1, -0.05) is 12.1 Å². The highest BCUT2D eigenvalue weighted by Crippen LogP contribution is 2.46. The number of carbonyl (C=O) groups is 1. The number of benzene rings is 3. The Labute approximate surface area is 173 Å². The maximum absolute atomic E-state index is 13.4. The number of rotatable bonds is 6. The lowest BCUT2D eigenvalue weighted by Crippen LogP contribution is -2.66. The minimum Gasteiger partial charge on any atom is -0.508 e. The Balaban J connectivity index is 1.54. The van der Waals surface area contributed by atoms with Gasteiger partial charge in [0.15, 0.2) is 0 Å². The maximum Gasteiger partial charge on any atom is 0.332 e. The Hall–Kier alpha value is -3.09. The van der Waals surface area contributed by atoms with E-state index < -0.39 is 6.10 Å². The van der Waals surface area contributed by atoms with Crippen molar-refractivity contribution in [2.45, 2.75) is 18.9 Å². The van der Waals surface area contributed by atoms with E-state index in [1.165, 1.54) is 48.5 Å². The molecule has 0 spiro atoms. The quantitative estimate of drug-likeness (QED) is 0.445. The molecule has 154 valence electrons. The molecule has 2 N–H and O–H groups in total. The fraction of sp³-hybridized carbons (Fsp3) is 0.208. The van der Waals surface area contributed by atoms with Crippen molar-refractivity contribution in [2.24, 2.45) is 5.92 Å². The number of aliphatic hydroxyl groups excluding tert-OH is 1. The molecule has 0 aliphatic carbocycles. The summed E-state index contributed by atoms with van der Waals surface area (Å²) >= 11 is 0. The fourth-order valence-electron chi connectivity index (χ4n) is 4.14. The molecule has 0 saturated carbocycles. The first-order chi connectivity index (χ1) is 14.4. The number of aromatic hydroxyl groups is 1. The second-order valence-corrected chi connectivity index (χ2v) is 7.67. The second-order valence-electron chi connectivity index (χ2n) is 7.67. The molecule has 3 atom stereocenters. The third-order valence-electron chi connectivity index (χ3n) is 5.82. The van der Waals surface area contributed by atoms with Gasteiger partial charge < -0.3 is 10.2 Å². The molecular formula is C24H22F2NO3+. The molecule has 1 heterocycles. The monoisotopic (exact) mass is 410 g/mol. The molecule has 1 saturated heterocycles. The zero-order chi connectivity index (χ0) is 21.3. The van der Waals surface area contributed by atoms with Crippen LogP contribution in [0.5, 0.6) is 5.75 Å². The van der Waals surface area contributed by atoms with E-state index in [-0.39, 0.29) is 33.7 Å². The summed E-state index contributed by atoms with van der Waals surface area (Å²) in [6.07, 6.45) is 0.0814. The van der Waals surface area contributed by atoms with Gasteiger partial charge in [-0.3, -0.25) is 0 Å². The molecule has 1 aliphatic rings. The van der Waals surface area contributed by atoms with E-state index >= 15 is 0 Å². The van der Waals surface area contributed by atoms with Gasteiger partial charge in [0.1, 0.15) is 41.2 Å². The van der Waals surface area contributed by atoms with E-state index in [1.54, 1.807) is 24.3 Å². The van der Waals surface area contributed by atoms with E-state index in [2.05, 4.69) is 0 Å². The van der Waals surface area contributed by atoms with Gasteiger partial charge in [-0.25, -0.2) is 13.6 Å². The first kappa shape index (κ1) is 20.2. The number of β-lactam (4-membered cyclic amide) rings is 1. The summed E-state index contributed by atoms with van der Waals surface area (Å²) < 4.78 is 26.5. The third-order valence-corrected chi connectivity index (χ3v) is 5.82. The van der Waals surface area contributed by atoms with Gasteiger partial charge in [0, 0.05) is 24.3 Å². The Morgan fingerprint density at radius 2 is 1.37 bits per heavy atom. The summed E-state index contributed by atoms with van der Waals surface area (Å²) in [5.74, 6) is -0.953. The smallest absolute Gasteiger partial charge is 0.332 e. The van der Waals surface area contributed by atoms with Crippen molar-refractivity contribution >= 4 is 17.3 Å². The highest BCUT2D eigenvalue weighted by molar-refractivity contribution is 6.02. The molecule has 30 heavy (non-hydrogen) atoms. The van der Waals surface area contributed by atoms with Crippen molar-refractivity contribution in [3.63, 3.8) is 0 Å². The van der Waals surface area contributed by atoms with Crippen LogP contribution in [-0.4, -0.2) is 22.7 Å². The molecule has 4 nitrogen and oxygen atoms in total. The molecule has 1 aliphatic heterocycles.